The molecule has 2 nitrogen and oxygen atoms in total. The van der Waals surface area contributed by atoms with Gasteiger partial charge in [-0.15, -0.1) is 0 Å². The van der Waals surface area contributed by atoms with Crippen LogP contribution in [0.25, 0.3) is 0 Å². The fourth-order valence-electron chi connectivity index (χ4n) is 0.406. The molecule has 0 amide bonds. The van der Waals surface area contributed by atoms with E-state index in [4.69, 9.17) is 5.11 Å². The van der Waals surface area contributed by atoms with Crippen LogP contribution in [-0.4, -0.2) is 28.5 Å². The van der Waals surface area contributed by atoms with Crippen molar-refractivity contribution in [1.29, 1.82) is 0 Å². The molecule has 0 rings (SSSR count). The van der Waals surface area contributed by atoms with Crippen LogP contribution in [0.3, 0.4) is 0 Å². The molecule has 0 heterocycles. The van der Waals surface area contributed by atoms with Gasteiger partial charge in [-0.05, 0) is 12.2 Å². The third-order valence-corrected chi connectivity index (χ3v) is 2.21. The van der Waals surface area contributed by atoms with Crippen LogP contribution in [0, 0.1) is 0 Å². The Morgan fingerprint density at radius 1 is 1.64 bits per heavy atom. The number of carboxylic acid groups (broad SMARTS) is 1. The smallest absolute Gasteiger partial charge is 0.375 e. The summed E-state index contributed by atoms with van der Waals surface area (Å²) in [6.45, 7) is 1.85. The number of hydrogen-bond donors (Lipinski definition) is 1. The van der Waals surface area contributed by atoms with E-state index in [-0.39, 0.29) is 0 Å². The molecular weight excluding hydrogens is 174 g/mol. The fraction of sp³-hybridized carbons (Fsp3) is 0.833. The molecule has 66 valence electrons. The maximum absolute atomic E-state index is 12.2. The van der Waals surface area contributed by atoms with E-state index in [1.807, 2.05) is 6.92 Å². The van der Waals surface area contributed by atoms with Crippen LogP contribution in [-0.2, 0) is 4.79 Å². The van der Waals surface area contributed by atoms with Gasteiger partial charge in [0.2, 0.25) is 0 Å². The van der Waals surface area contributed by atoms with E-state index >= 15 is 0 Å². The van der Waals surface area contributed by atoms with Crippen LogP contribution >= 0.6 is 11.8 Å². The van der Waals surface area contributed by atoms with Crippen LogP contribution in [0.1, 0.15) is 13.3 Å². The Morgan fingerprint density at radius 2 is 2.18 bits per heavy atom. The minimum absolute atomic E-state index is 0.572. The molecule has 0 aliphatic rings. The summed E-state index contributed by atoms with van der Waals surface area (Å²) in [4.78, 5) is 9.85. The Hall–Kier alpha value is -0.320. The van der Waals surface area contributed by atoms with Gasteiger partial charge in [0.05, 0.1) is 5.75 Å². The summed E-state index contributed by atoms with van der Waals surface area (Å²) in [5, 5.41) is 7.98. The molecule has 0 radical (unpaired) electrons. The average Bonchev–Trinajstić information content (AvgIpc) is 1.88. The predicted molar refractivity (Wildman–Crippen MR) is 40.2 cm³/mol. The Morgan fingerprint density at radius 3 is 2.55 bits per heavy atom. The molecule has 0 aliphatic heterocycles. The monoisotopic (exact) mass is 184 g/mol. The Kier molecular flexibility index (Phi) is 4.40. The first-order valence-corrected chi connectivity index (χ1v) is 4.35. The summed E-state index contributed by atoms with van der Waals surface area (Å²) in [6.07, 6.45) is 0.778. The normalized spacial score (nSPS) is 11.5. The lowest BCUT2D eigenvalue weighted by atomic mass is 10.4. The standard InChI is InChI=1S/C6H10F2O2S/c1-2-3-11-4-6(7,8)5(9)10/h2-4H2,1H3,(H,9,10). The largest absolute Gasteiger partial charge is 0.477 e. The topological polar surface area (TPSA) is 37.3 Å². The van der Waals surface area contributed by atoms with Crippen LogP contribution < -0.4 is 0 Å². The summed E-state index contributed by atoms with van der Waals surface area (Å²) in [5.41, 5.74) is 0. The van der Waals surface area contributed by atoms with Crippen molar-refractivity contribution in [1.82, 2.24) is 0 Å². The van der Waals surface area contributed by atoms with E-state index < -0.39 is 17.6 Å². The molecule has 0 aromatic heterocycles. The molecule has 0 aromatic carbocycles. The molecule has 0 bridgehead atoms. The number of aliphatic carboxylic acids is 1. The summed E-state index contributed by atoms with van der Waals surface area (Å²) in [5.74, 6) is -5.67. The third kappa shape index (κ3) is 4.19. The molecule has 0 unspecified atom stereocenters. The Balaban J connectivity index is 3.64. The van der Waals surface area contributed by atoms with Crippen molar-refractivity contribution in [3.63, 3.8) is 0 Å². The minimum Gasteiger partial charge on any atom is -0.477 e. The van der Waals surface area contributed by atoms with Crippen molar-refractivity contribution in [3.8, 4) is 0 Å². The molecule has 11 heavy (non-hydrogen) atoms. The van der Waals surface area contributed by atoms with Gasteiger partial charge in [0.15, 0.2) is 0 Å². The van der Waals surface area contributed by atoms with Gasteiger partial charge in [-0.1, -0.05) is 6.92 Å². The van der Waals surface area contributed by atoms with Gasteiger partial charge in [0.1, 0.15) is 0 Å². The van der Waals surface area contributed by atoms with Gasteiger partial charge in [0, 0.05) is 0 Å². The second-order valence-electron chi connectivity index (χ2n) is 2.06. The molecule has 0 spiro atoms. The predicted octanol–water partition coefficient (Wildman–Crippen LogP) is 1.85. The van der Waals surface area contributed by atoms with Crippen LogP contribution in [0.15, 0.2) is 0 Å². The molecule has 5 heteroatoms. The van der Waals surface area contributed by atoms with E-state index in [1.165, 1.54) is 0 Å². The molecule has 1 N–H and O–H groups in total. The quantitative estimate of drug-likeness (QED) is 0.662. The second kappa shape index (κ2) is 4.54. The lowest BCUT2D eigenvalue weighted by Crippen LogP contribution is -2.30. The zero-order valence-corrected chi connectivity index (χ0v) is 6.96. The molecule has 0 atom stereocenters. The van der Waals surface area contributed by atoms with Gasteiger partial charge in [0.25, 0.3) is 0 Å². The van der Waals surface area contributed by atoms with Crippen LogP contribution in [0.5, 0.6) is 0 Å². The van der Waals surface area contributed by atoms with Crippen LogP contribution in [0.2, 0.25) is 0 Å². The van der Waals surface area contributed by atoms with Crippen molar-refractivity contribution < 1.29 is 18.7 Å². The van der Waals surface area contributed by atoms with Gasteiger partial charge in [-0.25, -0.2) is 4.79 Å². The molecule has 0 aromatic rings. The van der Waals surface area contributed by atoms with E-state index in [1.54, 1.807) is 0 Å². The first kappa shape index (κ1) is 10.7. The lowest BCUT2D eigenvalue weighted by molar-refractivity contribution is -0.161. The average molecular weight is 184 g/mol. The zero-order chi connectivity index (χ0) is 8.91. The summed E-state index contributed by atoms with van der Waals surface area (Å²) < 4.78 is 24.5. The van der Waals surface area contributed by atoms with E-state index in [2.05, 4.69) is 0 Å². The SMILES string of the molecule is CCCSCC(F)(F)C(=O)O. The summed E-state index contributed by atoms with van der Waals surface area (Å²) in [7, 11) is 0. The second-order valence-corrected chi connectivity index (χ2v) is 3.17. The highest BCUT2D eigenvalue weighted by molar-refractivity contribution is 7.99. The lowest BCUT2D eigenvalue weighted by Gasteiger charge is -2.09. The van der Waals surface area contributed by atoms with E-state index in [0.29, 0.717) is 5.75 Å². The number of carbonyl (C=O) groups is 1. The summed E-state index contributed by atoms with van der Waals surface area (Å²) in [6, 6.07) is 0. The number of thioether (sulfide) groups is 1. The van der Waals surface area contributed by atoms with E-state index in [0.717, 1.165) is 18.2 Å². The third-order valence-electron chi connectivity index (χ3n) is 0.945. The summed E-state index contributed by atoms with van der Waals surface area (Å²) >= 11 is 0.958. The molecule has 0 fully saturated rings. The van der Waals surface area contributed by atoms with Gasteiger partial charge in [-0.3, -0.25) is 0 Å². The van der Waals surface area contributed by atoms with Crippen molar-refractivity contribution in [2.75, 3.05) is 11.5 Å². The molecule has 0 aliphatic carbocycles. The molecule has 0 saturated heterocycles. The van der Waals surface area contributed by atoms with Crippen molar-refractivity contribution >= 4 is 17.7 Å². The zero-order valence-electron chi connectivity index (χ0n) is 6.14. The van der Waals surface area contributed by atoms with E-state index in [9.17, 15) is 13.6 Å². The first-order valence-electron chi connectivity index (χ1n) is 3.19. The highest BCUT2D eigenvalue weighted by atomic mass is 32.2. The Labute approximate surface area is 68.0 Å². The van der Waals surface area contributed by atoms with Crippen LogP contribution in [0.4, 0.5) is 8.78 Å². The van der Waals surface area contributed by atoms with Crippen molar-refractivity contribution in [2.24, 2.45) is 0 Å². The van der Waals surface area contributed by atoms with Gasteiger partial charge >= 0.3 is 11.9 Å². The Bertz CT molecular complexity index is 139. The molecule has 0 saturated carbocycles. The number of halogens is 2. The number of alkyl halides is 2. The van der Waals surface area contributed by atoms with Crippen molar-refractivity contribution in [2.45, 2.75) is 19.3 Å². The highest BCUT2D eigenvalue weighted by Crippen LogP contribution is 2.20. The number of carboxylic acids is 1. The van der Waals surface area contributed by atoms with Gasteiger partial charge < -0.3 is 5.11 Å². The highest BCUT2D eigenvalue weighted by Gasteiger charge is 2.38. The number of hydrogen-bond acceptors (Lipinski definition) is 2. The fourth-order valence-corrected chi connectivity index (χ4v) is 1.22. The maximum Gasteiger partial charge on any atom is 0.375 e. The minimum atomic E-state index is -3.57. The molecular formula is C6H10F2O2S. The van der Waals surface area contributed by atoms with Gasteiger partial charge in [-0.2, -0.15) is 20.5 Å². The first-order chi connectivity index (χ1) is 5.00. The van der Waals surface area contributed by atoms with Crippen molar-refractivity contribution in [3.05, 3.63) is 0 Å². The number of rotatable bonds is 5. The maximum atomic E-state index is 12.2.